The molecule has 0 bridgehead atoms. The zero-order valence-electron chi connectivity index (χ0n) is 9.28. The van der Waals surface area contributed by atoms with Crippen LogP contribution in [0.4, 0.5) is 0 Å². The molecule has 3 N–H and O–H groups in total. The lowest BCUT2D eigenvalue weighted by Gasteiger charge is -1.98. The van der Waals surface area contributed by atoms with Crippen LogP contribution < -0.4 is 0 Å². The van der Waals surface area contributed by atoms with E-state index in [0.717, 1.165) is 13.0 Å². The third-order valence-electron chi connectivity index (χ3n) is 1.39. The number of aliphatic hydroxyl groups excluding tert-OH is 3. The Morgan fingerprint density at radius 2 is 1.71 bits per heavy atom. The van der Waals surface area contributed by atoms with Crippen LogP contribution in [0, 0.1) is 0 Å². The van der Waals surface area contributed by atoms with Crippen molar-refractivity contribution < 1.29 is 20.1 Å². The Morgan fingerprint density at radius 3 is 2.07 bits per heavy atom. The Hall–Kier alpha value is -0.160. The smallest absolute Gasteiger partial charge is 0.0742 e. The first kappa shape index (κ1) is 16.3. The predicted molar refractivity (Wildman–Crippen MR) is 56.2 cm³/mol. The van der Waals surface area contributed by atoms with Crippen LogP contribution in [0.2, 0.25) is 0 Å². The van der Waals surface area contributed by atoms with Gasteiger partial charge in [0.05, 0.1) is 25.9 Å². The molecular formula is C10H24O4. The Balaban J connectivity index is 0. The van der Waals surface area contributed by atoms with Gasteiger partial charge in [0, 0.05) is 6.61 Å². The molecule has 0 aliphatic rings. The molecule has 0 aliphatic heterocycles. The van der Waals surface area contributed by atoms with Crippen molar-refractivity contribution in [2.75, 3.05) is 26.4 Å². The molecule has 14 heavy (non-hydrogen) atoms. The quantitative estimate of drug-likeness (QED) is 0.534. The summed E-state index contributed by atoms with van der Waals surface area (Å²) in [6.45, 7) is 4.98. The fraction of sp³-hybridized carbons (Fsp3) is 1.00. The maximum Gasteiger partial charge on any atom is 0.0742 e. The molecule has 0 saturated heterocycles. The van der Waals surface area contributed by atoms with E-state index in [9.17, 15) is 0 Å². The standard InChI is InChI=1S/C7H16O2.C3H8O2/c1-2-3-4-6-9-7-5-8;1-3(5)2-4/h8H,2-7H2,1H3;3-5H,2H2,1H3. The van der Waals surface area contributed by atoms with Crippen molar-refractivity contribution in [3.63, 3.8) is 0 Å². The average molecular weight is 208 g/mol. The van der Waals surface area contributed by atoms with Crippen molar-refractivity contribution in [2.24, 2.45) is 0 Å². The second-order valence-corrected chi connectivity index (χ2v) is 3.07. The van der Waals surface area contributed by atoms with Crippen LogP contribution in [0.5, 0.6) is 0 Å². The molecule has 0 aliphatic carbocycles. The van der Waals surface area contributed by atoms with E-state index in [1.165, 1.54) is 19.8 Å². The zero-order chi connectivity index (χ0) is 11.2. The monoisotopic (exact) mass is 208 g/mol. The van der Waals surface area contributed by atoms with Crippen LogP contribution in [-0.2, 0) is 4.74 Å². The molecule has 0 radical (unpaired) electrons. The first-order chi connectivity index (χ1) is 6.68. The normalized spacial score (nSPS) is 11.8. The van der Waals surface area contributed by atoms with E-state index in [1.807, 2.05) is 0 Å². The predicted octanol–water partition coefficient (Wildman–Crippen LogP) is 0.545. The van der Waals surface area contributed by atoms with Crippen LogP contribution >= 0.6 is 0 Å². The summed E-state index contributed by atoms with van der Waals surface area (Å²) in [6, 6.07) is 0. The minimum absolute atomic E-state index is 0.139. The number of unbranched alkanes of at least 4 members (excludes halogenated alkanes) is 2. The highest BCUT2D eigenvalue weighted by molar-refractivity contribution is 4.35. The van der Waals surface area contributed by atoms with Crippen LogP contribution in [0.3, 0.4) is 0 Å². The van der Waals surface area contributed by atoms with Gasteiger partial charge in [0.2, 0.25) is 0 Å². The summed E-state index contributed by atoms with van der Waals surface area (Å²) in [7, 11) is 0. The number of hydrogen-bond acceptors (Lipinski definition) is 4. The van der Waals surface area contributed by atoms with E-state index >= 15 is 0 Å². The maximum absolute atomic E-state index is 8.30. The summed E-state index contributed by atoms with van der Waals surface area (Å²) in [5.74, 6) is 0. The Labute approximate surface area is 86.5 Å². The molecule has 0 aromatic heterocycles. The van der Waals surface area contributed by atoms with Crippen LogP contribution in [-0.4, -0.2) is 47.9 Å². The lowest BCUT2D eigenvalue weighted by Crippen LogP contribution is -2.03. The van der Waals surface area contributed by atoms with Gasteiger partial charge in [-0.2, -0.15) is 0 Å². The van der Waals surface area contributed by atoms with E-state index in [0.29, 0.717) is 6.61 Å². The second kappa shape index (κ2) is 15.3. The largest absolute Gasteiger partial charge is 0.394 e. The zero-order valence-corrected chi connectivity index (χ0v) is 9.28. The van der Waals surface area contributed by atoms with Gasteiger partial charge < -0.3 is 20.1 Å². The van der Waals surface area contributed by atoms with Gasteiger partial charge in [0.15, 0.2) is 0 Å². The molecular weight excluding hydrogens is 184 g/mol. The van der Waals surface area contributed by atoms with Crippen LogP contribution in [0.25, 0.3) is 0 Å². The van der Waals surface area contributed by atoms with Crippen LogP contribution in [0.15, 0.2) is 0 Å². The Kier molecular flexibility index (Phi) is 17.8. The molecule has 0 fully saturated rings. The van der Waals surface area contributed by atoms with Crippen molar-refractivity contribution >= 4 is 0 Å². The van der Waals surface area contributed by atoms with Gasteiger partial charge in [0.25, 0.3) is 0 Å². The molecule has 4 heteroatoms. The van der Waals surface area contributed by atoms with Gasteiger partial charge in [-0.3, -0.25) is 0 Å². The number of ether oxygens (including phenoxy) is 1. The van der Waals surface area contributed by atoms with Gasteiger partial charge in [-0.05, 0) is 13.3 Å². The molecule has 1 unspecified atom stereocenters. The topological polar surface area (TPSA) is 69.9 Å². The molecule has 0 rings (SSSR count). The highest BCUT2D eigenvalue weighted by atomic mass is 16.5. The lowest BCUT2D eigenvalue weighted by atomic mass is 10.3. The summed E-state index contributed by atoms with van der Waals surface area (Å²) in [5.41, 5.74) is 0. The Morgan fingerprint density at radius 1 is 1.14 bits per heavy atom. The summed E-state index contributed by atoms with van der Waals surface area (Å²) in [4.78, 5) is 0. The Bertz CT molecular complexity index is 80.2. The van der Waals surface area contributed by atoms with Gasteiger partial charge in [0.1, 0.15) is 0 Å². The molecule has 0 aromatic carbocycles. The fourth-order valence-corrected chi connectivity index (χ4v) is 0.621. The molecule has 0 heterocycles. The molecule has 4 nitrogen and oxygen atoms in total. The summed E-state index contributed by atoms with van der Waals surface area (Å²) >= 11 is 0. The van der Waals surface area contributed by atoms with E-state index in [4.69, 9.17) is 20.1 Å². The lowest BCUT2D eigenvalue weighted by molar-refractivity contribution is 0.0898. The number of aliphatic hydroxyl groups is 3. The first-order valence-electron chi connectivity index (χ1n) is 5.16. The third-order valence-corrected chi connectivity index (χ3v) is 1.39. The van der Waals surface area contributed by atoms with Gasteiger partial charge in [-0.25, -0.2) is 0 Å². The van der Waals surface area contributed by atoms with Crippen molar-refractivity contribution in [2.45, 2.75) is 39.2 Å². The highest BCUT2D eigenvalue weighted by Gasteiger charge is 1.85. The first-order valence-corrected chi connectivity index (χ1v) is 5.16. The molecule has 0 saturated carbocycles. The SMILES string of the molecule is CC(O)CO.CCCCCOCCO. The van der Waals surface area contributed by atoms with E-state index in [2.05, 4.69) is 6.92 Å². The van der Waals surface area contributed by atoms with E-state index in [1.54, 1.807) is 0 Å². The molecule has 0 aromatic rings. The van der Waals surface area contributed by atoms with Gasteiger partial charge in [-0.15, -0.1) is 0 Å². The highest BCUT2D eigenvalue weighted by Crippen LogP contribution is 1.93. The minimum atomic E-state index is -0.560. The maximum atomic E-state index is 8.30. The third kappa shape index (κ3) is 22.6. The van der Waals surface area contributed by atoms with Crippen molar-refractivity contribution in [1.29, 1.82) is 0 Å². The molecule has 88 valence electrons. The number of rotatable bonds is 7. The second-order valence-electron chi connectivity index (χ2n) is 3.07. The number of hydrogen-bond donors (Lipinski definition) is 3. The van der Waals surface area contributed by atoms with Gasteiger partial charge in [-0.1, -0.05) is 19.8 Å². The molecule has 0 spiro atoms. The van der Waals surface area contributed by atoms with Crippen LogP contribution in [0.1, 0.15) is 33.1 Å². The molecule has 1 atom stereocenters. The average Bonchev–Trinajstić information content (AvgIpc) is 2.19. The fourth-order valence-electron chi connectivity index (χ4n) is 0.621. The minimum Gasteiger partial charge on any atom is -0.394 e. The van der Waals surface area contributed by atoms with Crippen molar-refractivity contribution in [1.82, 2.24) is 0 Å². The van der Waals surface area contributed by atoms with Gasteiger partial charge >= 0.3 is 0 Å². The summed E-state index contributed by atoms with van der Waals surface area (Å²) < 4.78 is 5.03. The summed E-state index contributed by atoms with van der Waals surface area (Å²) in [5, 5.41) is 24.3. The van der Waals surface area contributed by atoms with E-state index in [-0.39, 0.29) is 13.2 Å². The summed E-state index contributed by atoms with van der Waals surface area (Å²) in [6.07, 6.45) is 3.01. The molecule has 0 amide bonds. The van der Waals surface area contributed by atoms with E-state index < -0.39 is 6.10 Å². The van der Waals surface area contributed by atoms with Crippen molar-refractivity contribution in [3.8, 4) is 0 Å². The van der Waals surface area contributed by atoms with Crippen molar-refractivity contribution in [3.05, 3.63) is 0 Å².